The van der Waals surface area contributed by atoms with Gasteiger partial charge in [-0.15, -0.1) is 0 Å². The van der Waals surface area contributed by atoms with E-state index in [2.05, 4.69) is 48.8 Å². The van der Waals surface area contributed by atoms with Crippen molar-refractivity contribution in [2.24, 2.45) is 0 Å². The van der Waals surface area contributed by atoms with Crippen LogP contribution in [0.3, 0.4) is 0 Å². The number of rotatable bonds is 6. The molecule has 0 aromatic carbocycles. The molecule has 0 amide bonds. The third-order valence-electron chi connectivity index (χ3n) is 4.73. The highest BCUT2D eigenvalue weighted by molar-refractivity contribution is 7.10. The van der Waals surface area contributed by atoms with E-state index in [0.29, 0.717) is 30.1 Å². The summed E-state index contributed by atoms with van der Waals surface area (Å²) in [7, 11) is 3.98. The van der Waals surface area contributed by atoms with E-state index in [-0.39, 0.29) is 17.8 Å². The number of allylic oxidation sites excluding steroid dienone is 6. The van der Waals surface area contributed by atoms with Gasteiger partial charge >= 0.3 is 0 Å². The van der Waals surface area contributed by atoms with E-state index >= 15 is 0 Å². The number of fused-ring (bicyclic) bond motifs is 1. The summed E-state index contributed by atoms with van der Waals surface area (Å²) >= 11 is 1.28. The van der Waals surface area contributed by atoms with E-state index < -0.39 is 0 Å². The molecule has 1 aromatic heterocycles. The molecule has 0 saturated heterocycles. The lowest BCUT2D eigenvalue weighted by atomic mass is 10.1. The van der Waals surface area contributed by atoms with Crippen molar-refractivity contribution in [3.63, 3.8) is 0 Å². The van der Waals surface area contributed by atoms with Gasteiger partial charge in [-0.1, -0.05) is 50.8 Å². The molecular formula is C26H40FN3O3S. The van der Waals surface area contributed by atoms with E-state index in [4.69, 9.17) is 4.74 Å². The van der Waals surface area contributed by atoms with Crippen LogP contribution in [-0.4, -0.2) is 37.5 Å². The van der Waals surface area contributed by atoms with E-state index in [0.717, 1.165) is 30.1 Å². The monoisotopic (exact) mass is 493 g/mol. The quantitative estimate of drug-likeness (QED) is 0.226. The Morgan fingerprint density at radius 3 is 2.38 bits per heavy atom. The number of anilines is 1. The van der Waals surface area contributed by atoms with Crippen LogP contribution in [0.25, 0.3) is 0 Å². The molecule has 0 radical (unpaired) electrons. The molecule has 8 heteroatoms. The fourth-order valence-electron chi connectivity index (χ4n) is 2.87. The summed E-state index contributed by atoms with van der Waals surface area (Å²) in [6.45, 7) is 15.9. The maximum atomic E-state index is 11.9. The molecule has 1 aromatic rings. The van der Waals surface area contributed by atoms with Crippen LogP contribution < -0.4 is 15.8 Å². The third-order valence-corrected chi connectivity index (χ3v) is 5.65. The second kappa shape index (κ2) is 16.7. The second-order valence-corrected chi connectivity index (χ2v) is 8.17. The summed E-state index contributed by atoms with van der Waals surface area (Å²) < 4.78 is 17.2. The van der Waals surface area contributed by atoms with E-state index in [1.165, 1.54) is 17.1 Å². The van der Waals surface area contributed by atoms with Crippen LogP contribution in [0.2, 0.25) is 0 Å². The SMILES string of the molecule is C=C1C(=C)N(C2CC2)c2s[nH]c(=O)c2CC1=O.CC.CF.CN/C(=C\C=C/CC=C(C)C)OC. The Balaban J connectivity index is 0.000000578. The molecule has 1 aliphatic carbocycles. The van der Waals surface area contributed by atoms with Gasteiger partial charge < -0.3 is 15.0 Å². The Bertz CT molecular complexity index is 943. The van der Waals surface area contributed by atoms with Crippen LogP contribution in [0.1, 0.15) is 52.5 Å². The van der Waals surface area contributed by atoms with Crippen LogP contribution in [0.15, 0.2) is 65.0 Å². The number of nitrogens with one attached hydrogen (secondary N) is 2. The summed E-state index contributed by atoms with van der Waals surface area (Å²) in [6.07, 6.45) is 11.4. The zero-order valence-electron chi connectivity index (χ0n) is 21.6. The molecule has 3 rings (SSSR count). The highest BCUT2D eigenvalue weighted by Gasteiger charge is 2.38. The molecule has 0 bridgehead atoms. The van der Waals surface area contributed by atoms with Crippen molar-refractivity contribution in [2.45, 2.75) is 59.4 Å². The standard InChI is InChI=1S/C12H12N2O2S.C11H19NO.C2H6.CH3F/c1-6-7(2)14(8-3-4-8)12-9(5-10(6)15)11(16)13-17-12;1-10(2)8-6-5-7-9-11(12-3)13-4;2*1-2/h8H,1-5H2,(H,13,16);5,7-9,12H,6H2,1-4H3;1-2H3;1H3/b;7-5-,11-9+;;. The fourth-order valence-corrected chi connectivity index (χ4v) is 3.83. The third kappa shape index (κ3) is 9.55. The Morgan fingerprint density at radius 1 is 1.26 bits per heavy atom. The smallest absolute Gasteiger partial charge is 0.263 e. The molecule has 1 fully saturated rings. The zero-order valence-corrected chi connectivity index (χ0v) is 22.4. The Labute approximate surface area is 207 Å². The molecule has 2 aliphatic rings. The summed E-state index contributed by atoms with van der Waals surface area (Å²) in [4.78, 5) is 25.6. The molecule has 0 unspecified atom stereocenters. The summed E-state index contributed by atoms with van der Waals surface area (Å²) in [5.74, 6) is 0.664. The molecule has 6 nitrogen and oxygen atoms in total. The minimum atomic E-state index is -0.161. The molecule has 34 heavy (non-hydrogen) atoms. The second-order valence-electron chi connectivity index (χ2n) is 7.37. The van der Waals surface area contributed by atoms with Crippen molar-refractivity contribution in [3.05, 3.63) is 76.1 Å². The van der Waals surface area contributed by atoms with Crippen molar-refractivity contribution in [3.8, 4) is 0 Å². The number of hydrogen-bond acceptors (Lipinski definition) is 6. The molecule has 2 N–H and O–H groups in total. The molecule has 2 heterocycles. The first kappa shape index (κ1) is 31.1. The topological polar surface area (TPSA) is 74.4 Å². The van der Waals surface area contributed by atoms with Crippen LogP contribution in [0.5, 0.6) is 0 Å². The first-order chi connectivity index (χ1) is 16.3. The van der Waals surface area contributed by atoms with Gasteiger partial charge in [0.2, 0.25) is 0 Å². The van der Waals surface area contributed by atoms with Gasteiger partial charge in [0, 0.05) is 30.8 Å². The van der Waals surface area contributed by atoms with Crippen molar-refractivity contribution in [1.29, 1.82) is 0 Å². The van der Waals surface area contributed by atoms with Crippen molar-refractivity contribution in [1.82, 2.24) is 9.69 Å². The van der Waals surface area contributed by atoms with Gasteiger partial charge in [-0.3, -0.25) is 18.4 Å². The number of alkyl halides is 1. The summed E-state index contributed by atoms with van der Waals surface area (Å²) in [5.41, 5.74) is 2.82. The van der Waals surface area contributed by atoms with Gasteiger partial charge in [0.05, 0.1) is 19.9 Å². The van der Waals surface area contributed by atoms with Gasteiger partial charge in [-0.2, -0.15) is 0 Å². The number of carbonyl (C=O) groups is 1. The number of hydrogen-bond donors (Lipinski definition) is 2. The lowest BCUT2D eigenvalue weighted by molar-refractivity contribution is -0.114. The maximum Gasteiger partial charge on any atom is 0.263 e. The van der Waals surface area contributed by atoms with Gasteiger partial charge in [-0.25, -0.2) is 0 Å². The summed E-state index contributed by atoms with van der Waals surface area (Å²) in [5, 5.41) is 3.77. The maximum absolute atomic E-state index is 11.9. The summed E-state index contributed by atoms with van der Waals surface area (Å²) in [6, 6.07) is 0.371. The number of Topliss-reactive ketones (excluding diaryl/α,β-unsaturated/α-hetero) is 1. The minimum Gasteiger partial charge on any atom is -0.483 e. The largest absolute Gasteiger partial charge is 0.483 e. The molecule has 0 spiro atoms. The molecule has 0 atom stereocenters. The van der Waals surface area contributed by atoms with Crippen molar-refractivity contribution < 1.29 is 13.9 Å². The van der Waals surface area contributed by atoms with Crippen molar-refractivity contribution in [2.75, 3.05) is 26.2 Å². The number of nitrogens with zero attached hydrogens (tertiary/aromatic N) is 1. The highest BCUT2D eigenvalue weighted by atomic mass is 32.1. The molecular weight excluding hydrogens is 453 g/mol. The van der Waals surface area contributed by atoms with Crippen LogP contribution in [0.4, 0.5) is 9.39 Å². The average Bonchev–Trinajstić information content (AvgIpc) is 3.63. The van der Waals surface area contributed by atoms with Crippen LogP contribution in [0, 0.1) is 0 Å². The normalized spacial score (nSPS) is 15.0. The Morgan fingerprint density at radius 2 is 1.88 bits per heavy atom. The highest BCUT2D eigenvalue weighted by Crippen LogP contribution is 2.41. The van der Waals surface area contributed by atoms with Gasteiger partial charge in [0.25, 0.3) is 5.56 Å². The van der Waals surface area contributed by atoms with Gasteiger partial charge in [0.15, 0.2) is 11.7 Å². The Kier molecular flexibility index (Phi) is 15.3. The number of ether oxygens (including phenoxy) is 1. The van der Waals surface area contributed by atoms with Crippen LogP contribution >= 0.6 is 11.5 Å². The molecule has 1 saturated carbocycles. The zero-order chi connectivity index (χ0) is 26.3. The first-order valence-electron chi connectivity index (χ1n) is 11.3. The predicted octanol–water partition coefficient (Wildman–Crippen LogP) is 5.82. The number of carbonyl (C=O) groups excluding carboxylic acids is 1. The number of aromatic nitrogens is 1. The number of aromatic amines is 1. The van der Waals surface area contributed by atoms with Gasteiger partial charge in [-0.05, 0) is 50.7 Å². The lowest BCUT2D eigenvalue weighted by Crippen LogP contribution is -2.24. The predicted molar refractivity (Wildman–Crippen MR) is 143 cm³/mol. The molecule has 190 valence electrons. The number of halogens is 1. The lowest BCUT2D eigenvalue weighted by Gasteiger charge is -2.23. The van der Waals surface area contributed by atoms with E-state index in [1.807, 2.05) is 37.9 Å². The fraction of sp³-hybridized carbons (Fsp3) is 0.462. The first-order valence-corrected chi connectivity index (χ1v) is 12.1. The van der Waals surface area contributed by atoms with Crippen molar-refractivity contribution >= 4 is 22.3 Å². The Hall–Kier alpha value is -2.87. The average molecular weight is 494 g/mol. The van der Waals surface area contributed by atoms with Crippen LogP contribution in [-0.2, 0) is 16.0 Å². The van der Waals surface area contributed by atoms with E-state index in [1.54, 1.807) is 7.11 Å². The number of H-pyrrole nitrogens is 1. The number of methoxy groups -OCH3 is 1. The van der Waals surface area contributed by atoms with Gasteiger partial charge in [0.1, 0.15) is 5.00 Å². The minimum absolute atomic E-state index is 0.108. The molecule has 1 aliphatic heterocycles. The van der Waals surface area contributed by atoms with E-state index in [9.17, 15) is 14.0 Å². The number of ketones is 1.